The molecule has 17 heavy (non-hydrogen) atoms. The van der Waals surface area contributed by atoms with Crippen LogP contribution >= 0.6 is 22.9 Å². The van der Waals surface area contributed by atoms with Crippen LogP contribution in [0.2, 0.25) is 5.02 Å². The maximum Gasteiger partial charge on any atom is 0.152 e. The summed E-state index contributed by atoms with van der Waals surface area (Å²) in [6.45, 7) is 6.17. The molecular formula is C13H14ClN2S. The van der Waals surface area contributed by atoms with E-state index in [4.69, 9.17) is 11.6 Å². The summed E-state index contributed by atoms with van der Waals surface area (Å²) in [4.78, 5) is 6.40. The molecule has 1 aromatic carbocycles. The molecule has 0 bridgehead atoms. The van der Waals surface area contributed by atoms with Crippen LogP contribution in [0, 0.1) is 5.51 Å². The Kier molecular flexibility index (Phi) is 4.02. The monoisotopic (exact) mass is 265 g/mol. The maximum atomic E-state index is 6.32. The summed E-state index contributed by atoms with van der Waals surface area (Å²) >= 11 is 7.79. The van der Waals surface area contributed by atoms with Gasteiger partial charge in [-0.3, -0.25) is 0 Å². The van der Waals surface area contributed by atoms with Crippen molar-refractivity contribution in [1.82, 2.24) is 4.98 Å². The summed E-state index contributed by atoms with van der Waals surface area (Å²) in [6.07, 6.45) is 0. The van der Waals surface area contributed by atoms with Crippen LogP contribution < -0.4 is 4.90 Å². The summed E-state index contributed by atoms with van der Waals surface area (Å²) < 4.78 is 0. The number of hydrogen-bond acceptors (Lipinski definition) is 3. The molecule has 0 aliphatic carbocycles. The van der Waals surface area contributed by atoms with Crippen LogP contribution in [0.3, 0.4) is 0 Å². The molecule has 0 amide bonds. The summed E-state index contributed by atoms with van der Waals surface area (Å²) in [7, 11) is 0. The zero-order valence-electron chi connectivity index (χ0n) is 9.90. The number of nitrogens with zero attached hydrogens (tertiary/aromatic N) is 2. The molecule has 0 N–H and O–H groups in total. The Morgan fingerprint density at radius 2 is 2.12 bits per heavy atom. The molecule has 0 saturated carbocycles. The molecule has 0 aliphatic rings. The molecule has 2 aromatic rings. The predicted octanol–water partition coefficient (Wildman–Crippen LogP) is 4.11. The molecule has 1 heterocycles. The van der Waals surface area contributed by atoms with Gasteiger partial charge in [-0.05, 0) is 26.0 Å². The number of rotatable bonds is 4. The Balaban J connectivity index is 2.35. The third kappa shape index (κ3) is 2.61. The van der Waals surface area contributed by atoms with Crippen molar-refractivity contribution < 1.29 is 0 Å². The Bertz CT molecular complexity index is 478. The number of thiazole rings is 1. The largest absolute Gasteiger partial charge is 0.371 e. The molecule has 4 heteroatoms. The number of halogens is 1. The fourth-order valence-electron chi connectivity index (χ4n) is 1.80. The molecule has 0 fully saturated rings. The number of anilines is 1. The summed E-state index contributed by atoms with van der Waals surface area (Å²) in [5, 5.41) is 2.75. The maximum absolute atomic E-state index is 6.32. The van der Waals surface area contributed by atoms with Gasteiger partial charge in [0.05, 0.1) is 16.4 Å². The molecule has 1 aromatic heterocycles. The minimum absolute atomic E-state index is 0.777. The van der Waals surface area contributed by atoms with Gasteiger partial charge in [0.2, 0.25) is 0 Å². The first-order chi connectivity index (χ1) is 8.26. The lowest BCUT2D eigenvalue weighted by molar-refractivity contribution is 0.866. The Morgan fingerprint density at radius 3 is 2.65 bits per heavy atom. The second-order valence-electron chi connectivity index (χ2n) is 3.66. The minimum atomic E-state index is 0.777. The SMILES string of the molecule is CCN(CC)c1ccc(-c2cs[c]n2)cc1Cl. The van der Waals surface area contributed by atoms with E-state index < -0.39 is 0 Å². The van der Waals surface area contributed by atoms with Gasteiger partial charge in [-0.2, -0.15) is 0 Å². The first-order valence-corrected chi connectivity index (χ1v) is 6.88. The molecule has 89 valence electrons. The van der Waals surface area contributed by atoms with Crippen LogP contribution in [-0.4, -0.2) is 18.1 Å². The summed E-state index contributed by atoms with van der Waals surface area (Å²) in [5.74, 6) is 0. The second kappa shape index (κ2) is 5.52. The van der Waals surface area contributed by atoms with E-state index in [0.29, 0.717) is 0 Å². The molecule has 0 saturated heterocycles. The van der Waals surface area contributed by atoms with E-state index in [0.717, 1.165) is 35.1 Å². The fourth-order valence-corrected chi connectivity index (χ4v) is 2.61. The molecule has 0 spiro atoms. The zero-order valence-corrected chi connectivity index (χ0v) is 11.5. The first-order valence-electron chi connectivity index (χ1n) is 5.62. The lowest BCUT2D eigenvalue weighted by Crippen LogP contribution is -2.22. The molecule has 2 nitrogen and oxygen atoms in total. The van der Waals surface area contributed by atoms with Crippen molar-refractivity contribution in [3.05, 3.63) is 34.1 Å². The third-order valence-electron chi connectivity index (χ3n) is 2.74. The van der Waals surface area contributed by atoms with Crippen LogP contribution in [0.4, 0.5) is 5.69 Å². The average molecular weight is 266 g/mol. The molecule has 0 aliphatic heterocycles. The van der Waals surface area contributed by atoms with Crippen molar-refractivity contribution in [2.45, 2.75) is 13.8 Å². The summed E-state index contributed by atoms with van der Waals surface area (Å²) in [5.41, 5.74) is 5.91. The van der Waals surface area contributed by atoms with E-state index in [9.17, 15) is 0 Å². The third-order valence-corrected chi connectivity index (χ3v) is 3.58. The van der Waals surface area contributed by atoms with Gasteiger partial charge in [0.1, 0.15) is 0 Å². The number of aromatic nitrogens is 1. The van der Waals surface area contributed by atoms with Gasteiger partial charge < -0.3 is 4.90 Å². The quantitative estimate of drug-likeness (QED) is 0.827. The van der Waals surface area contributed by atoms with Crippen LogP contribution in [-0.2, 0) is 0 Å². The minimum Gasteiger partial charge on any atom is -0.371 e. The van der Waals surface area contributed by atoms with Crippen molar-refractivity contribution in [3.8, 4) is 11.3 Å². The van der Waals surface area contributed by atoms with Gasteiger partial charge in [0, 0.05) is 24.0 Å². The second-order valence-corrected chi connectivity index (χ2v) is 4.72. The van der Waals surface area contributed by atoms with Gasteiger partial charge in [-0.15, -0.1) is 11.3 Å². The lowest BCUT2D eigenvalue weighted by Gasteiger charge is -2.22. The molecule has 0 unspecified atom stereocenters. The van der Waals surface area contributed by atoms with Gasteiger partial charge in [0.25, 0.3) is 0 Å². The van der Waals surface area contributed by atoms with Gasteiger partial charge in [-0.25, -0.2) is 4.98 Å². The molecule has 2 rings (SSSR count). The zero-order chi connectivity index (χ0) is 12.3. The van der Waals surface area contributed by atoms with Crippen molar-refractivity contribution in [3.63, 3.8) is 0 Å². The predicted molar refractivity (Wildman–Crippen MR) is 75.0 cm³/mol. The fraction of sp³-hybridized carbons (Fsp3) is 0.308. The highest BCUT2D eigenvalue weighted by atomic mass is 35.5. The Hall–Kier alpha value is -1.06. The highest BCUT2D eigenvalue weighted by Crippen LogP contribution is 2.30. The first kappa shape index (κ1) is 12.4. The van der Waals surface area contributed by atoms with E-state index in [-0.39, 0.29) is 0 Å². The average Bonchev–Trinajstić information content (AvgIpc) is 2.86. The van der Waals surface area contributed by atoms with Crippen LogP contribution in [0.1, 0.15) is 13.8 Å². The van der Waals surface area contributed by atoms with E-state index >= 15 is 0 Å². The highest BCUT2D eigenvalue weighted by molar-refractivity contribution is 7.07. The molecular weight excluding hydrogens is 252 g/mol. The smallest absolute Gasteiger partial charge is 0.152 e. The summed E-state index contributed by atoms with van der Waals surface area (Å²) in [6, 6.07) is 6.09. The van der Waals surface area contributed by atoms with E-state index in [2.05, 4.69) is 41.4 Å². The van der Waals surface area contributed by atoms with Crippen molar-refractivity contribution in [1.29, 1.82) is 0 Å². The van der Waals surface area contributed by atoms with E-state index in [1.54, 1.807) is 0 Å². The van der Waals surface area contributed by atoms with Gasteiger partial charge >= 0.3 is 0 Å². The molecule has 1 radical (unpaired) electrons. The lowest BCUT2D eigenvalue weighted by atomic mass is 10.1. The Morgan fingerprint density at radius 1 is 1.35 bits per heavy atom. The highest BCUT2D eigenvalue weighted by Gasteiger charge is 2.09. The van der Waals surface area contributed by atoms with Gasteiger partial charge in [0.15, 0.2) is 5.51 Å². The van der Waals surface area contributed by atoms with Crippen LogP contribution in [0.5, 0.6) is 0 Å². The number of hydrogen-bond donors (Lipinski definition) is 0. The molecule has 0 atom stereocenters. The van der Waals surface area contributed by atoms with Crippen molar-refractivity contribution in [2.24, 2.45) is 0 Å². The topological polar surface area (TPSA) is 16.1 Å². The Labute approximate surface area is 111 Å². The standard InChI is InChI=1S/C13H14ClN2S/c1-3-16(4-2)13-6-5-10(7-11(13)14)12-8-17-9-15-12/h5-8H,3-4H2,1-2H3. The van der Waals surface area contributed by atoms with Crippen LogP contribution in [0.15, 0.2) is 23.6 Å². The number of benzene rings is 1. The van der Waals surface area contributed by atoms with Crippen LogP contribution in [0.25, 0.3) is 11.3 Å². The normalized spacial score (nSPS) is 10.5. The van der Waals surface area contributed by atoms with E-state index in [1.165, 1.54) is 11.3 Å². The van der Waals surface area contributed by atoms with Crippen molar-refractivity contribution >= 4 is 28.6 Å². The van der Waals surface area contributed by atoms with Crippen molar-refractivity contribution in [2.75, 3.05) is 18.0 Å². The van der Waals surface area contributed by atoms with E-state index in [1.807, 2.05) is 11.4 Å². The van der Waals surface area contributed by atoms with Gasteiger partial charge in [-0.1, -0.05) is 17.7 Å².